The maximum absolute atomic E-state index is 0. The smallest absolute Gasteiger partial charge is 0 e. The average molecular weight is 143 g/mol. The Morgan fingerprint density at radius 1 is 1.00 bits per heavy atom. The van der Waals surface area contributed by atoms with E-state index in [-0.39, 0.29) is 58.2 Å². The van der Waals surface area contributed by atoms with Crippen molar-refractivity contribution in [1.82, 2.24) is 0 Å². The predicted molar refractivity (Wildman–Crippen MR) is 11.5 cm³/mol. The minimum absolute atomic E-state index is 0. The summed E-state index contributed by atoms with van der Waals surface area (Å²) in [5, 5.41) is 0. The Kier molecular flexibility index (Phi) is 297. The zero-order chi connectivity index (χ0) is 0. The molecule has 7 radical (unpaired) electrons. The van der Waals surface area contributed by atoms with Crippen LogP contribution in [-0.2, 0) is 38.8 Å². The fourth-order valence-electron chi connectivity index (χ4n) is 0. The van der Waals surface area contributed by atoms with Crippen LogP contribution in [0.2, 0.25) is 0 Å². The van der Waals surface area contributed by atoms with Gasteiger partial charge in [-0.05, 0) is 0 Å². The van der Waals surface area contributed by atoms with Crippen molar-refractivity contribution in [3.63, 3.8) is 0 Å². The molecule has 0 aromatic rings. The second-order valence-electron chi connectivity index (χ2n) is 0. The minimum atomic E-state index is 0. The normalized spacial score (nSPS) is 0. The van der Waals surface area contributed by atoms with Crippen molar-refractivity contribution >= 4 is 19.4 Å². The van der Waals surface area contributed by atoms with Crippen LogP contribution in [0.5, 0.6) is 0 Å². The van der Waals surface area contributed by atoms with Gasteiger partial charge in [-0.3, -0.25) is 0 Å². The van der Waals surface area contributed by atoms with Gasteiger partial charge >= 0.3 is 0 Å². The summed E-state index contributed by atoms with van der Waals surface area (Å²) >= 11 is 0. The molecule has 0 saturated carbocycles. The molecule has 0 heterocycles. The molecule has 0 aliphatic heterocycles. The molecule has 0 nitrogen and oxygen atoms in total. The van der Waals surface area contributed by atoms with Crippen molar-refractivity contribution in [3.8, 4) is 0 Å². The third-order valence-electron chi connectivity index (χ3n) is 0. The van der Waals surface area contributed by atoms with Gasteiger partial charge in [-0.1, -0.05) is 0 Å². The van der Waals surface area contributed by atoms with Gasteiger partial charge in [-0.2, -0.15) is 0 Å². The van der Waals surface area contributed by atoms with E-state index in [1.165, 1.54) is 0 Å². The van der Waals surface area contributed by atoms with Crippen LogP contribution in [0, 0.1) is 0 Å². The number of hydrogen-bond donors (Lipinski definition) is 0. The van der Waals surface area contributed by atoms with Crippen molar-refractivity contribution in [3.05, 3.63) is 0 Å². The summed E-state index contributed by atoms with van der Waals surface area (Å²) in [5.74, 6) is 0. The number of hydrogen-bond acceptors (Lipinski definition) is 0. The Morgan fingerprint density at radius 2 is 1.00 bits per heavy atom. The standard InChI is InChI=1S/B.Fe.Si.Ti. The molecule has 19 valence electrons. The van der Waals surface area contributed by atoms with E-state index in [2.05, 4.69) is 0 Å². The van der Waals surface area contributed by atoms with Crippen LogP contribution in [0.3, 0.4) is 0 Å². The summed E-state index contributed by atoms with van der Waals surface area (Å²) in [6.07, 6.45) is 0. The monoisotopic (exact) mass is 143 g/mol. The second kappa shape index (κ2) is 24.3. The molecule has 0 rings (SSSR count). The molecule has 0 amide bonds. The van der Waals surface area contributed by atoms with Gasteiger partial charge in [-0.15, -0.1) is 0 Å². The van der Waals surface area contributed by atoms with Crippen LogP contribution in [0.25, 0.3) is 0 Å². The van der Waals surface area contributed by atoms with E-state index >= 15 is 0 Å². The molecular weight excluding hydrogens is 143 g/mol. The minimum Gasteiger partial charge on any atom is 0 e. The van der Waals surface area contributed by atoms with Crippen LogP contribution in [0.1, 0.15) is 0 Å². The molecule has 0 atom stereocenters. The summed E-state index contributed by atoms with van der Waals surface area (Å²) in [5.41, 5.74) is 0. The molecule has 0 unspecified atom stereocenters. The van der Waals surface area contributed by atoms with E-state index in [0.717, 1.165) is 0 Å². The maximum Gasteiger partial charge on any atom is 0 e. The Hall–Kier alpha value is 1.52. The molecule has 0 bridgehead atoms. The maximum atomic E-state index is 0. The third kappa shape index (κ3) is 9.69. The summed E-state index contributed by atoms with van der Waals surface area (Å²) in [4.78, 5) is 0. The van der Waals surface area contributed by atoms with Gasteiger partial charge < -0.3 is 0 Å². The van der Waals surface area contributed by atoms with E-state index in [0.29, 0.717) is 0 Å². The van der Waals surface area contributed by atoms with Gasteiger partial charge in [0, 0.05) is 58.2 Å². The summed E-state index contributed by atoms with van der Waals surface area (Å²) in [6, 6.07) is 0. The zero-order valence-corrected chi connectivity index (χ0v) is 5.60. The molecule has 0 aliphatic rings. The fourth-order valence-corrected chi connectivity index (χ4v) is 0. The fraction of sp³-hybridized carbons (Fsp3) is 0. The van der Waals surface area contributed by atoms with Crippen LogP contribution >= 0.6 is 0 Å². The Labute approximate surface area is 58.1 Å². The summed E-state index contributed by atoms with van der Waals surface area (Å²) in [6.45, 7) is 0. The average Bonchev–Trinajstić information content (AvgIpc) is 0. The quantitative estimate of drug-likeness (QED) is 0.390. The topological polar surface area (TPSA) is 0 Å². The Bertz CT molecular complexity index is 8.00. The number of rotatable bonds is 0. The Balaban J connectivity index is 0. The van der Waals surface area contributed by atoms with Crippen LogP contribution < -0.4 is 0 Å². The van der Waals surface area contributed by atoms with E-state index in [9.17, 15) is 0 Å². The van der Waals surface area contributed by atoms with E-state index in [1.54, 1.807) is 0 Å². The van der Waals surface area contributed by atoms with Gasteiger partial charge in [0.2, 0.25) is 0 Å². The first kappa shape index (κ1) is 49.0. The third-order valence-corrected chi connectivity index (χ3v) is 0. The second-order valence-corrected chi connectivity index (χ2v) is 0. The van der Waals surface area contributed by atoms with Gasteiger partial charge in [0.05, 0.1) is 0 Å². The SMILES string of the molecule is [B].[Fe].[Si].[Ti]. The first-order valence-electron chi connectivity index (χ1n) is 0. The molecule has 4 heavy (non-hydrogen) atoms. The molecular formula is BFeSiTi. The molecule has 4 heteroatoms. The van der Waals surface area contributed by atoms with Gasteiger partial charge in [0.15, 0.2) is 0 Å². The zero-order valence-electron chi connectivity index (χ0n) is 1.93. The first-order valence-corrected chi connectivity index (χ1v) is 0. The Morgan fingerprint density at radius 3 is 1.00 bits per heavy atom. The first-order chi connectivity index (χ1) is 0. The summed E-state index contributed by atoms with van der Waals surface area (Å²) in [7, 11) is 0. The van der Waals surface area contributed by atoms with Crippen molar-refractivity contribution in [1.29, 1.82) is 0 Å². The molecule has 0 saturated heterocycles. The van der Waals surface area contributed by atoms with Crippen LogP contribution in [-0.4, -0.2) is 19.4 Å². The van der Waals surface area contributed by atoms with Crippen LogP contribution in [0.4, 0.5) is 0 Å². The molecule has 0 aromatic heterocycles. The molecule has 0 aromatic carbocycles. The van der Waals surface area contributed by atoms with Crippen molar-refractivity contribution in [2.24, 2.45) is 0 Å². The van der Waals surface area contributed by atoms with Gasteiger partial charge in [0.25, 0.3) is 0 Å². The largest absolute Gasteiger partial charge is 0 e. The molecule has 0 N–H and O–H groups in total. The van der Waals surface area contributed by atoms with Gasteiger partial charge in [0.1, 0.15) is 0 Å². The molecule has 0 aliphatic carbocycles. The van der Waals surface area contributed by atoms with E-state index in [1.807, 2.05) is 0 Å². The van der Waals surface area contributed by atoms with Crippen molar-refractivity contribution < 1.29 is 38.8 Å². The summed E-state index contributed by atoms with van der Waals surface area (Å²) < 4.78 is 0. The van der Waals surface area contributed by atoms with Crippen molar-refractivity contribution in [2.45, 2.75) is 0 Å². The van der Waals surface area contributed by atoms with Gasteiger partial charge in [-0.25, -0.2) is 0 Å². The molecule has 0 spiro atoms. The predicted octanol–water partition coefficient (Wildman–Crippen LogP) is -0.767. The van der Waals surface area contributed by atoms with Crippen LogP contribution in [0.15, 0.2) is 0 Å². The molecule has 0 fully saturated rings. The van der Waals surface area contributed by atoms with E-state index in [4.69, 9.17) is 0 Å². The van der Waals surface area contributed by atoms with E-state index < -0.39 is 0 Å². The van der Waals surface area contributed by atoms with Crippen molar-refractivity contribution in [2.75, 3.05) is 0 Å².